The molecule has 0 spiro atoms. The maximum Gasteiger partial charge on any atom is 0.129 e. The summed E-state index contributed by atoms with van der Waals surface area (Å²) in [5.74, 6) is 0. The Morgan fingerprint density at radius 1 is 1.50 bits per heavy atom. The third-order valence-electron chi connectivity index (χ3n) is 3.67. The average molecular weight is 268 g/mol. The zero-order valence-corrected chi connectivity index (χ0v) is 12.0. The molecule has 1 saturated heterocycles. The molecule has 0 N–H and O–H groups in total. The molecule has 1 aliphatic rings. The van der Waals surface area contributed by atoms with E-state index in [1.165, 1.54) is 31.5 Å². The van der Waals surface area contributed by atoms with Crippen molar-refractivity contribution in [2.75, 3.05) is 26.7 Å². The lowest BCUT2D eigenvalue weighted by Gasteiger charge is -2.27. The van der Waals surface area contributed by atoms with Crippen LogP contribution in [0.4, 0.5) is 0 Å². The Labute approximate surface area is 115 Å². The van der Waals surface area contributed by atoms with Crippen molar-refractivity contribution in [3.63, 3.8) is 0 Å². The van der Waals surface area contributed by atoms with Gasteiger partial charge in [-0.25, -0.2) is 4.98 Å². The van der Waals surface area contributed by atoms with Gasteiger partial charge in [0.25, 0.3) is 0 Å². The first-order valence-corrected chi connectivity index (χ1v) is 7.10. The predicted molar refractivity (Wildman–Crippen MR) is 75.9 cm³/mol. The molecule has 4 heteroatoms. The average Bonchev–Trinajstić information content (AvgIpc) is 2.79. The number of rotatable bonds is 5. The van der Waals surface area contributed by atoms with E-state index in [9.17, 15) is 0 Å². The van der Waals surface area contributed by atoms with E-state index in [4.69, 9.17) is 11.6 Å². The smallest absolute Gasteiger partial charge is 0.129 e. The number of likely N-dealkylation sites (N-methyl/N-ethyl adjacent to an activating group) is 2. The van der Waals surface area contributed by atoms with Crippen LogP contribution in [0, 0.1) is 0 Å². The maximum atomic E-state index is 5.79. The van der Waals surface area contributed by atoms with Crippen molar-refractivity contribution in [3.8, 4) is 0 Å². The highest BCUT2D eigenvalue weighted by Gasteiger charge is 2.23. The van der Waals surface area contributed by atoms with Crippen molar-refractivity contribution in [2.45, 2.75) is 32.4 Å². The highest BCUT2D eigenvalue weighted by molar-refractivity contribution is 6.29. The molecule has 2 heterocycles. The lowest BCUT2D eigenvalue weighted by molar-refractivity contribution is 0.194. The van der Waals surface area contributed by atoms with Crippen LogP contribution >= 0.6 is 11.6 Å². The molecular weight excluding hydrogens is 246 g/mol. The van der Waals surface area contributed by atoms with Crippen LogP contribution < -0.4 is 0 Å². The molecule has 0 amide bonds. The fourth-order valence-electron chi connectivity index (χ4n) is 2.75. The van der Waals surface area contributed by atoms with E-state index in [0.29, 0.717) is 5.15 Å². The second-order valence-corrected chi connectivity index (χ2v) is 5.50. The first-order valence-electron chi connectivity index (χ1n) is 6.72. The summed E-state index contributed by atoms with van der Waals surface area (Å²) in [4.78, 5) is 9.08. The van der Waals surface area contributed by atoms with Crippen LogP contribution in [0.2, 0.25) is 5.15 Å². The van der Waals surface area contributed by atoms with Gasteiger partial charge in [0.1, 0.15) is 5.15 Å². The zero-order valence-electron chi connectivity index (χ0n) is 11.3. The molecule has 3 nitrogen and oxygen atoms in total. The van der Waals surface area contributed by atoms with Gasteiger partial charge in [-0.15, -0.1) is 0 Å². The van der Waals surface area contributed by atoms with Gasteiger partial charge < -0.3 is 4.90 Å². The molecule has 2 rings (SSSR count). The number of likely N-dealkylation sites (tertiary alicyclic amines) is 1. The molecule has 0 aromatic carbocycles. The highest BCUT2D eigenvalue weighted by Crippen LogP contribution is 2.18. The number of nitrogens with zero attached hydrogens (tertiary/aromatic N) is 3. The van der Waals surface area contributed by atoms with Crippen molar-refractivity contribution in [1.29, 1.82) is 0 Å². The van der Waals surface area contributed by atoms with Crippen LogP contribution in [0.25, 0.3) is 0 Å². The van der Waals surface area contributed by atoms with Crippen LogP contribution in [0.3, 0.4) is 0 Å². The van der Waals surface area contributed by atoms with Gasteiger partial charge in [-0.05, 0) is 44.6 Å². The van der Waals surface area contributed by atoms with Crippen molar-refractivity contribution in [2.24, 2.45) is 0 Å². The minimum atomic E-state index is 0.564. The number of hydrogen-bond donors (Lipinski definition) is 0. The Morgan fingerprint density at radius 2 is 2.33 bits per heavy atom. The number of aromatic nitrogens is 1. The van der Waals surface area contributed by atoms with Crippen LogP contribution in [-0.4, -0.2) is 47.5 Å². The molecule has 1 fully saturated rings. The lowest BCUT2D eigenvalue weighted by atomic mass is 10.2. The van der Waals surface area contributed by atoms with Gasteiger partial charge in [0, 0.05) is 25.3 Å². The largest absolute Gasteiger partial charge is 0.301 e. The minimum Gasteiger partial charge on any atom is -0.301 e. The molecule has 0 aliphatic carbocycles. The normalized spacial score (nSPS) is 20.8. The van der Waals surface area contributed by atoms with Crippen molar-refractivity contribution in [1.82, 2.24) is 14.8 Å². The molecule has 0 saturated carbocycles. The minimum absolute atomic E-state index is 0.564. The summed E-state index contributed by atoms with van der Waals surface area (Å²) in [6.07, 6.45) is 4.54. The van der Waals surface area contributed by atoms with E-state index in [2.05, 4.69) is 34.8 Å². The molecule has 1 atom stereocenters. The highest BCUT2D eigenvalue weighted by atomic mass is 35.5. The fraction of sp³-hybridized carbons (Fsp3) is 0.643. The summed E-state index contributed by atoms with van der Waals surface area (Å²) in [6.45, 7) is 6.76. The molecule has 1 unspecified atom stereocenters. The lowest BCUT2D eigenvalue weighted by Crippen LogP contribution is -2.38. The number of pyridine rings is 1. The number of halogens is 1. The summed E-state index contributed by atoms with van der Waals surface area (Å²) in [5, 5.41) is 0.564. The molecule has 100 valence electrons. The van der Waals surface area contributed by atoms with Crippen LogP contribution in [-0.2, 0) is 6.54 Å². The number of hydrogen-bond acceptors (Lipinski definition) is 3. The fourth-order valence-corrected chi connectivity index (χ4v) is 2.87. The Bertz CT molecular complexity index is 366. The van der Waals surface area contributed by atoms with Crippen molar-refractivity contribution < 1.29 is 0 Å². The molecule has 0 bridgehead atoms. The van der Waals surface area contributed by atoms with E-state index in [-0.39, 0.29) is 0 Å². The van der Waals surface area contributed by atoms with Crippen molar-refractivity contribution in [3.05, 3.63) is 29.0 Å². The summed E-state index contributed by atoms with van der Waals surface area (Å²) >= 11 is 5.79. The van der Waals surface area contributed by atoms with E-state index in [1.807, 2.05) is 12.3 Å². The first kappa shape index (κ1) is 13.8. The van der Waals surface area contributed by atoms with E-state index in [0.717, 1.165) is 19.1 Å². The van der Waals surface area contributed by atoms with Gasteiger partial charge in [0.05, 0.1) is 0 Å². The van der Waals surface area contributed by atoms with E-state index >= 15 is 0 Å². The maximum absolute atomic E-state index is 5.79. The Kier molecular flexibility index (Phi) is 4.98. The topological polar surface area (TPSA) is 19.4 Å². The summed E-state index contributed by atoms with van der Waals surface area (Å²) in [6, 6.07) is 4.64. The standard InChI is InChI=1S/C14H22ClN3/c1-3-18-8-4-5-13(18)11-17(2)10-12-6-7-14(15)16-9-12/h6-7,9,13H,3-5,8,10-11H2,1-2H3. The molecule has 0 radical (unpaired) electrons. The second-order valence-electron chi connectivity index (χ2n) is 5.11. The van der Waals surface area contributed by atoms with Gasteiger partial charge in [-0.2, -0.15) is 0 Å². The molecule has 1 aliphatic heterocycles. The molecule has 18 heavy (non-hydrogen) atoms. The van der Waals surface area contributed by atoms with Crippen LogP contribution in [0.1, 0.15) is 25.3 Å². The molecule has 1 aromatic rings. The molecule has 1 aromatic heterocycles. The third-order valence-corrected chi connectivity index (χ3v) is 3.89. The third kappa shape index (κ3) is 3.67. The SMILES string of the molecule is CCN1CCCC1CN(C)Cc1ccc(Cl)nc1. The Balaban J connectivity index is 1.84. The summed E-state index contributed by atoms with van der Waals surface area (Å²) in [5.41, 5.74) is 1.22. The first-order chi connectivity index (χ1) is 8.69. The van der Waals surface area contributed by atoms with Gasteiger partial charge in [0.15, 0.2) is 0 Å². The van der Waals surface area contributed by atoms with Crippen LogP contribution in [0.5, 0.6) is 0 Å². The predicted octanol–water partition coefficient (Wildman–Crippen LogP) is 2.65. The van der Waals surface area contributed by atoms with Crippen molar-refractivity contribution >= 4 is 11.6 Å². The molecular formula is C14H22ClN3. The van der Waals surface area contributed by atoms with Gasteiger partial charge in [-0.1, -0.05) is 24.6 Å². The van der Waals surface area contributed by atoms with Gasteiger partial charge in [0.2, 0.25) is 0 Å². The van der Waals surface area contributed by atoms with Gasteiger partial charge >= 0.3 is 0 Å². The second kappa shape index (κ2) is 6.50. The van der Waals surface area contributed by atoms with E-state index < -0.39 is 0 Å². The summed E-state index contributed by atoms with van der Waals surface area (Å²) in [7, 11) is 2.18. The Hall–Kier alpha value is -0.640. The van der Waals surface area contributed by atoms with Gasteiger partial charge in [-0.3, -0.25) is 4.90 Å². The quantitative estimate of drug-likeness (QED) is 0.765. The van der Waals surface area contributed by atoms with E-state index in [1.54, 1.807) is 0 Å². The Morgan fingerprint density at radius 3 is 3.00 bits per heavy atom. The zero-order chi connectivity index (χ0) is 13.0. The monoisotopic (exact) mass is 267 g/mol. The van der Waals surface area contributed by atoms with Crippen LogP contribution in [0.15, 0.2) is 18.3 Å². The summed E-state index contributed by atoms with van der Waals surface area (Å²) < 4.78 is 0.